The monoisotopic (exact) mass is 600 g/mol. The maximum absolute atomic E-state index is 13.3. The van der Waals surface area contributed by atoms with Gasteiger partial charge in [0.2, 0.25) is 5.91 Å². The number of hydrogen-bond donors (Lipinski definition) is 1. The molecule has 12 heteroatoms. The molecule has 0 saturated carbocycles. The molecule has 0 spiro atoms. The first-order chi connectivity index (χ1) is 19.2. The van der Waals surface area contributed by atoms with Crippen LogP contribution in [-0.4, -0.2) is 62.8 Å². The third-order valence-corrected chi connectivity index (χ3v) is 8.06. The number of aryl methyl sites for hydroxylation is 1. The van der Waals surface area contributed by atoms with Gasteiger partial charge in [0, 0.05) is 53.3 Å². The lowest BCUT2D eigenvalue weighted by atomic mass is 10.1. The van der Waals surface area contributed by atoms with Crippen LogP contribution in [0.4, 0.5) is 10.1 Å². The van der Waals surface area contributed by atoms with Gasteiger partial charge in [0.05, 0.1) is 16.8 Å². The Morgan fingerprint density at radius 1 is 1.02 bits per heavy atom. The third-order valence-electron chi connectivity index (χ3n) is 6.58. The maximum Gasteiger partial charge on any atom is 0.263 e. The van der Waals surface area contributed by atoms with Crippen molar-refractivity contribution in [1.29, 1.82) is 0 Å². The van der Waals surface area contributed by atoms with E-state index in [2.05, 4.69) is 20.5 Å². The Labute approximate surface area is 245 Å². The van der Waals surface area contributed by atoms with Crippen LogP contribution in [0, 0.1) is 12.7 Å². The molecule has 2 amide bonds. The molecule has 208 valence electrons. The van der Waals surface area contributed by atoms with Gasteiger partial charge >= 0.3 is 0 Å². The Kier molecular flexibility index (Phi) is 8.80. The number of aromatic nitrogens is 3. The van der Waals surface area contributed by atoms with Crippen LogP contribution in [-0.2, 0) is 17.9 Å². The van der Waals surface area contributed by atoms with E-state index >= 15 is 0 Å². The first kappa shape index (κ1) is 28.2. The van der Waals surface area contributed by atoms with Crippen molar-refractivity contribution < 1.29 is 14.0 Å². The van der Waals surface area contributed by atoms with Crippen LogP contribution in [0.25, 0.3) is 11.1 Å². The summed E-state index contributed by atoms with van der Waals surface area (Å²) in [6.45, 7) is 5.33. The summed E-state index contributed by atoms with van der Waals surface area (Å²) in [6.07, 6.45) is 2.59. The molecule has 0 aliphatic carbocycles. The van der Waals surface area contributed by atoms with Crippen molar-refractivity contribution in [3.8, 4) is 11.1 Å². The molecular formula is C28H27Cl2FN6O2S. The summed E-state index contributed by atoms with van der Waals surface area (Å²) < 4.78 is 14.8. The summed E-state index contributed by atoms with van der Waals surface area (Å²) in [4.78, 5) is 31.6. The van der Waals surface area contributed by atoms with Crippen molar-refractivity contribution in [1.82, 2.24) is 24.8 Å². The zero-order valence-electron chi connectivity index (χ0n) is 21.7. The van der Waals surface area contributed by atoms with Crippen molar-refractivity contribution in [3.05, 3.63) is 86.0 Å². The minimum Gasteiger partial charge on any atom is -0.337 e. The van der Waals surface area contributed by atoms with Gasteiger partial charge in [-0.2, -0.15) is 0 Å². The van der Waals surface area contributed by atoms with E-state index in [1.54, 1.807) is 36.5 Å². The summed E-state index contributed by atoms with van der Waals surface area (Å²) in [7, 11) is 0. The average Bonchev–Trinajstić information content (AvgIpc) is 3.42. The Morgan fingerprint density at radius 3 is 2.52 bits per heavy atom. The molecule has 5 rings (SSSR count). The number of carbonyl (C=O) groups excluding carboxylic acids is 2. The van der Waals surface area contributed by atoms with E-state index in [0.717, 1.165) is 34.7 Å². The van der Waals surface area contributed by atoms with E-state index < -0.39 is 0 Å². The summed E-state index contributed by atoms with van der Waals surface area (Å²) in [5.74, 6) is -0.541. The van der Waals surface area contributed by atoms with Gasteiger partial charge in [-0.3, -0.25) is 14.5 Å². The van der Waals surface area contributed by atoms with Crippen molar-refractivity contribution >= 4 is 52.0 Å². The van der Waals surface area contributed by atoms with Gasteiger partial charge in [0.25, 0.3) is 5.91 Å². The zero-order chi connectivity index (χ0) is 28.2. The predicted molar refractivity (Wildman–Crippen MR) is 155 cm³/mol. The van der Waals surface area contributed by atoms with Crippen molar-refractivity contribution in [2.45, 2.75) is 26.4 Å². The fourth-order valence-corrected chi connectivity index (χ4v) is 6.22. The van der Waals surface area contributed by atoms with Gasteiger partial charge in [0.15, 0.2) is 0 Å². The van der Waals surface area contributed by atoms with Crippen molar-refractivity contribution in [2.75, 3.05) is 31.5 Å². The number of nitrogens with one attached hydrogen (secondary N) is 1. The average molecular weight is 602 g/mol. The highest BCUT2D eigenvalue weighted by atomic mass is 35.5. The molecule has 2 aromatic heterocycles. The number of anilines is 1. The number of benzene rings is 2. The van der Waals surface area contributed by atoms with Crippen LogP contribution in [0.5, 0.6) is 0 Å². The molecule has 1 saturated heterocycles. The maximum atomic E-state index is 13.3. The van der Waals surface area contributed by atoms with Crippen LogP contribution in [0.1, 0.15) is 26.7 Å². The molecule has 3 heterocycles. The number of halogens is 3. The minimum absolute atomic E-state index is 0.000444. The molecule has 0 radical (unpaired) electrons. The highest BCUT2D eigenvalue weighted by Crippen LogP contribution is 2.32. The van der Waals surface area contributed by atoms with Crippen LogP contribution in [0.15, 0.2) is 54.7 Å². The molecule has 0 unspecified atom stereocenters. The SMILES string of the molecule is Cc1sc(C(=O)N2CCCN(Cc3cn(CC(=O)Nc4cc(Cl)cc(Cl)c4)nn3)CC2)cc1-c1ccc(F)cc1. The largest absolute Gasteiger partial charge is 0.337 e. The van der Waals surface area contributed by atoms with Crippen LogP contribution in [0.2, 0.25) is 10.0 Å². The Morgan fingerprint density at radius 2 is 1.77 bits per heavy atom. The third kappa shape index (κ3) is 7.06. The second-order valence-electron chi connectivity index (χ2n) is 9.62. The Bertz CT molecular complexity index is 1500. The van der Waals surface area contributed by atoms with Gasteiger partial charge in [-0.1, -0.05) is 40.5 Å². The molecule has 0 bridgehead atoms. The van der Waals surface area contributed by atoms with E-state index in [1.165, 1.54) is 28.2 Å². The first-order valence-corrected chi connectivity index (χ1v) is 14.3. The van der Waals surface area contributed by atoms with E-state index in [9.17, 15) is 14.0 Å². The molecular weight excluding hydrogens is 574 g/mol. The second-order valence-corrected chi connectivity index (χ2v) is 11.8. The second kappa shape index (κ2) is 12.5. The summed E-state index contributed by atoms with van der Waals surface area (Å²) in [5.41, 5.74) is 3.11. The lowest BCUT2D eigenvalue weighted by molar-refractivity contribution is -0.116. The van der Waals surface area contributed by atoms with Gasteiger partial charge < -0.3 is 10.2 Å². The van der Waals surface area contributed by atoms with Crippen LogP contribution >= 0.6 is 34.5 Å². The van der Waals surface area contributed by atoms with E-state index in [4.69, 9.17) is 23.2 Å². The number of thiophene rings is 1. The molecule has 4 aromatic rings. The summed E-state index contributed by atoms with van der Waals surface area (Å²) >= 11 is 13.5. The van der Waals surface area contributed by atoms with Gasteiger partial charge in [-0.15, -0.1) is 16.4 Å². The molecule has 8 nitrogen and oxygen atoms in total. The van der Waals surface area contributed by atoms with Crippen LogP contribution < -0.4 is 5.32 Å². The standard InChI is InChI=1S/C28H27Cl2FN6O2S/c1-18-25(19-3-5-22(31)6-4-19)14-26(40-18)28(39)36-8-2-7-35(9-10-36)15-24-16-37(34-33-24)17-27(38)32-23-12-20(29)11-21(30)13-23/h3-6,11-14,16H,2,7-10,15,17H2,1H3,(H,32,38). The number of amides is 2. The fraction of sp³-hybridized carbons (Fsp3) is 0.286. The molecule has 1 fully saturated rings. The number of carbonyl (C=O) groups is 2. The highest BCUT2D eigenvalue weighted by Gasteiger charge is 2.23. The normalized spacial score (nSPS) is 14.2. The van der Waals surface area contributed by atoms with Crippen molar-refractivity contribution in [2.24, 2.45) is 0 Å². The smallest absolute Gasteiger partial charge is 0.263 e. The van der Waals surface area contributed by atoms with Gasteiger partial charge in [0.1, 0.15) is 12.4 Å². The molecule has 1 aliphatic heterocycles. The molecule has 1 aliphatic rings. The Hall–Kier alpha value is -3.31. The number of hydrogen-bond acceptors (Lipinski definition) is 6. The van der Waals surface area contributed by atoms with Crippen LogP contribution in [0.3, 0.4) is 0 Å². The zero-order valence-corrected chi connectivity index (χ0v) is 24.1. The van der Waals surface area contributed by atoms with Crippen molar-refractivity contribution in [3.63, 3.8) is 0 Å². The highest BCUT2D eigenvalue weighted by molar-refractivity contribution is 7.14. The quantitative estimate of drug-likeness (QED) is 0.292. The van der Waals surface area contributed by atoms with Gasteiger partial charge in [-0.05, 0) is 60.9 Å². The topological polar surface area (TPSA) is 83.4 Å². The summed E-state index contributed by atoms with van der Waals surface area (Å²) in [5, 5.41) is 11.9. The fourth-order valence-electron chi connectivity index (χ4n) is 4.68. The van der Waals surface area contributed by atoms with E-state index in [-0.39, 0.29) is 24.2 Å². The predicted octanol–water partition coefficient (Wildman–Crippen LogP) is 5.75. The number of nitrogens with zero attached hydrogens (tertiary/aromatic N) is 5. The first-order valence-electron chi connectivity index (χ1n) is 12.8. The summed E-state index contributed by atoms with van der Waals surface area (Å²) in [6, 6.07) is 13.1. The molecule has 0 atom stereocenters. The van der Waals surface area contributed by atoms with E-state index in [0.29, 0.717) is 46.8 Å². The number of rotatable bonds is 7. The molecule has 2 aromatic carbocycles. The lowest BCUT2D eigenvalue weighted by Crippen LogP contribution is -2.34. The Balaban J connectivity index is 1.14. The van der Waals surface area contributed by atoms with Gasteiger partial charge in [-0.25, -0.2) is 9.07 Å². The van der Waals surface area contributed by atoms with E-state index in [1.807, 2.05) is 17.9 Å². The lowest BCUT2D eigenvalue weighted by Gasteiger charge is -2.21. The molecule has 1 N–H and O–H groups in total. The molecule has 40 heavy (non-hydrogen) atoms. The minimum atomic E-state index is -0.283.